The van der Waals surface area contributed by atoms with E-state index >= 15 is 0 Å². The number of anilines is 1. The third kappa shape index (κ3) is 4.56. The molecule has 0 spiro atoms. The van der Waals surface area contributed by atoms with Crippen LogP contribution < -0.4 is 10.2 Å². The predicted octanol–water partition coefficient (Wildman–Crippen LogP) is 4.10. The first-order valence-electron chi connectivity index (χ1n) is 6.28. The van der Waals surface area contributed by atoms with Crippen molar-refractivity contribution in [3.63, 3.8) is 0 Å². The van der Waals surface area contributed by atoms with Crippen molar-refractivity contribution >= 4 is 43.7 Å². The molecule has 2 aromatic rings. The van der Waals surface area contributed by atoms with Crippen LogP contribution >= 0.6 is 38.6 Å². The molecule has 2 rings (SSSR count). The largest absolute Gasteiger partial charge is 0.347 e. The molecule has 0 aromatic carbocycles. The third-order valence-electron chi connectivity index (χ3n) is 2.64. The van der Waals surface area contributed by atoms with E-state index in [0.29, 0.717) is 0 Å². The Labute approximate surface area is 130 Å². The summed E-state index contributed by atoms with van der Waals surface area (Å²) in [5.74, 6) is 0. The summed E-state index contributed by atoms with van der Waals surface area (Å²) in [5.41, 5.74) is 2.45. The average Bonchev–Trinajstić information content (AvgIpc) is 2.99. The Hall–Kier alpha value is -0.430. The maximum Gasteiger partial charge on any atom is 0.185 e. The van der Waals surface area contributed by atoms with Gasteiger partial charge in [-0.3, -0.25) is 0 Å². The number of nitrogens with one attached hydrogen (secondary N) is 1. The van der Waals surface area contributed by atoms with Crippen LogP contribution in [-0.4, -0.2) is 18.6 Å². The van der Waals surface area contributed by atoms with Gasteiger partial charge in [0.1, 0.15) is 0 Å². The van der Waals surface area contributed by atoms with Crippen LogP contribution in [0.3, 0.4) is 0 Å². The normalized spacial score (nSPS) is 10.9. The molecule has 0 aliphatic rings. The van der Waals surface area contributed by atoms with Gasteiger partial charge in [0, 0.05) is 25.5 Å². The smallest absolute Gasteiger partial charge is 0.185 e. The van der Waals surface area contributed by atoms with Crippen LogP contribution in [0, 0.1) is 0 Å². The molecular formula is C13H18BrN3S2. The van der Waals surface area contributed by atoms with Gasteiger partial charge in [0.25, 0.3) is 0 Å². The van der Waals surface area contributed by atoms with Gasteiger partial charge in [-0.1, -0.05) is 6.92 Å². The van der Waals surface area contributed by atoms with Gasteiger partial charge in [0.05, 0.1) is 9.48 Å². The quantitative estimate of drug-likeness (QED) is 0.754. The molecule has 0 unspecified atom stereocenters. The van der Waals surface area contributed by atoms with Crippen LogP contribution in [0.2, 0.25) is 0 Å². The van der Waals surface area contributed by atoms with E-state index in [2.05, 4.69) is 61.9 Å². The fourth-order valence-electron chi connectivity index (χ4n) is 1.72. The van der Waals surface area contributed by atoms with E-state index in [1.54, 1.807) is 22.7 Å². The molecule has 0 amide bonds. The van der Waals surface area contributed by atoms with Crippen LogP contribution in [0.25, 0.3) is 0 Å². The van der Waals surface area contributed by atoms with Crippen molar-refractivity contribution < 1.29 is 0 Å². The fourth-order valence-corrected chi connectivity index (χ4v) is 3.71. The van der Waals surface area contributed by atoms with Crippen molar-refractivity contribution in [2.24, 2.45) is 0 Å². The Balaban J connectivity index is 1.90. The monoisotopic (exact) mass is 359 g/mol. The SMILES string of the molecule is CCCNCc1csc(N(C)Cc2csc(Br)c2)n1. The van der Waals surface area contributed by atoms with Gasteiger partial charge in [-0.25, -0.2) is 4.98 Å². The number of thiazole rings is 1. The van der Waals surface area contributed by atoms with Crippen molar-refractivity contribution in [3.8, 4) is 0 Å². The molecule has 0 bridgehead atoms. The molecule has 0 saturated carbocycles. The highest BCUT2D eigenvalue weighted by Crippen LogP contribution is 2.25. The Morgan fingerprint density at radius 3 is 2.89 bits per heavy atom. The predicted molar refractivity (Wildman–Crippen MR) is 88.2 cm³/mol. The molecule has 104 valence electrons. The summed E-state index contributed by atoms with van der Waals surface area (Å²) in [4.78, 5) is 6.86. The summed E-state index contributed by atoms with van der Waals surface area (Å²) in [6.45, 7) is 4.98. The molecule has 0 aliphatic carbocycles. The van der Waals surface area contributed by atoms with Crippen molar-refractivity contribution in [2.75, 3.05) is 18.5 Å². The number of thiophene rings is 1. The number of nitrogens with zero attached hydrogens (tertiary/aromatic N) is 2. The maximum absolute atomic E-state index is 4.66. The van der Waals surface area contributed by atoms with Crippen molar-refractivity contribution in [1.29, 1.82) is 0 Å². The second kappa shape index (κ2) is 7.38. The van der Waals surface area contributed by atoms with E-state index in [-0.39, 0.29) is 0 Å². The zero-order valence-corrected chi connectivity index (χ0v) is 14.4. The topological polar surface area (TPSA) is 28.2 Å². The summed E-state index contributed by atoms with van der Waals surface area (Å²) in [6, 6.07) is 2.17. The Morgan fingerprint density at radius 1 is 1.37 bits per heavy atom. The zero-order valence-electron chi connectivity index (χ0n) is 11.1. The van der Waals surface area contributed by atoms with Gasteiger partial charge >= 0.3 is 0 Å². The van der Waals surface area contributed by atoms with Crippen molar-refractivity contribution in [3.05, 3.63) is 31.9 Å². The lowest BCUT2D eigenvalue weighted by Crippen LogP contribution is -2.17. The number of hydrogen-bond donors (Lipinski definition) is 1. The average molecular weight is 360 g/mol. The zero-order chi connectivity index (χ0) is 13.7. The van der Waals surface area contributed by atoms with E-state index < -0.39 is 0 Å². The second-order valence-corrected chi connectivity index (χ2v) is 7.54. The lowest BCUT2D eigenvalue weighted by molar-refractivity contribution is 0.666. The Morgan fingerprint density at radius 2 is 2.21 bits per heavy atom. The molecule has 0 atom stereocenters. The Bertz CT molecular complexity index is 509. The summed E-state index contributed by atoms with van der Waals surface area (Å²) in [7, 11) is 2.09. The minimum atomic E-state index is 0.863. The van der Waals surface area contributed by atoms with E-state index in [9.17, 15) is 0 Å². The van der Waals surface area contributed by atoms with Gasteiger partial charge < -0.3 is 10.2 Å². The standard InChI is InChI=1S/C13H18BrN3S2/c1-3-4-15-6-11-9-19-13(16-11)17(2)7-10-5-12(14)18-8-10/h5,8-9,15H,3-4,6-7H2,1-2H3. The van der Waals surface area contributed by atoms with Gasteiger partial charge in [-0.05, 0) is 45.9 Å². The van der Waals surface area contributed by atoms with E-state index in [4.69, 9.17) is 0 Å². The highest BCUT2D eigenvalue weighted by Gasteiger charge is 2.08. The Kier molecular flexibility index (Phi) is 5.81. The van der Waals surface area contributed by atoms with Gasteiger partial charge in [0.15, 0.2) is 5.13 Å². The molecule has 0 saturated heterocycles. The van der Waals surface area contributed by atoms with E-state index in [1.165, 1.54) is 9.35 Å². The summed E-state index contributed by atoms with van der Waals surface area (Å²) < 4.78 is 1.18. The molecule has 0 radical (unpaired) electrons. The highest BCUT2D eigenvalue weighted by atomic mass is 79.9. The minimum Gasteiger partial charge on any atom is -0.347 e. The number of halogens is 1. The molecule has 2 heterocycles. The van der Waals surface area contributed by atoms with Crippen molar-refractivity contribution in [2.45, 2.75) is 26.4 Å². The summed E-state index contributed by atoms with van der Waals surface area (Å²) >= 11 is 6.93. The van der Waals surface area contributed by atoms with Crippen LogP contribution in [0.5, 0.6) is 0 Å². The molecule has 0 fully saturated rings. The molecule has 0 aliphatic heterocycles. The van der Waals surface area contributed by atoms with Gasteiger partial charge in [-0.2, -0.15) is 0 Å². The van der Waals surface area contributed by atoms with Gasteiger partial charge in [0.2, 0.25) is 0 Å². The van der Waals surface area contributed by atoms with E-state index in [1.807, 2.05) is 0 Å². The first-order chi connectivity index (χ1) is 9.19. The molecule has 2 aromatic heterocycles. The molecule has 3 nitrogen and oxygen atoms in total. The van der Waals surface area contributed by atoms with Gasteiger partial charge in [-0.15, -0.1) is 22.7 Å². The van der Waals surface area contributed by atoms with Crippen LogP contribution in [0.1, 0.15) is 24.6 Å². The minimum absolute atomic E-state index is 0.863. The molecule has 19 heavy (non-hydrogen) atoms. The summed E-state index contributed by atoms with van der Waals surface area (Å²) in [6.07, 6.45) is 1.16. The van der Waals surface area contributed by atoms with Crippen LogP contribution in [0.4, 0.5) is 5.13 Å². The number of aromatic nitrogens is 1. The van der Waals surface area contributed by atoms with Crippen LogP contribution in [0.15, 0.2) is 20.6 Å². The fraction of sp³-hybridized carbons (Fsp3) is 0.462. The number of rotatable bonds is 7. The van der Waals surface area contributed by atoms with E-state index in [0.717, 1.165) is 36.9 Å². The highest BCUT2D eigenvalue weighted by molar-refractivity contribution is 9.11. The molecular weight excluding hydrogens is 342 g/mol. The first kappa shape index (κ1) is 15.0. The third-order valence-corrected chi connectivity index (χ3v) is 5.20. The number of hydrogen-bond acceptors (Lipinski definition) is 5. The van der Waals surface area contributed by atoms with Crippen LogP contribution in [-0.2, 0) is 13.1 Å². The molecule has 6 heteroatoms. The summed E-state index contributed by atoms with van der Waals surface area (Å²) in [5, 5.41) is 8.77. The molecule has 1 N–H and O–H groups in total. The lowest BCUT2D eigenvalue weighted by Gasteiger charge is -2.14. The first-order valence-corrected chi connectivity index (χ1v) is 8.83. The lowest BCUT2D eigenvalue weighted by atomic mass is 10.3. The maximum atomic E-state index is 4.66. The van der Waals surface area contributed by atoms with Crippen molar-refractivity contribution in [1.82, 2.24) is 10.3 Å². The second-order valence-electron chi connectivity index (χ2n) is 4.41.